The zero-order chi connectivity index (χ0) is 13.4. The quantitative estimate of drug-likeness (QED) is 0.354. The second kappa shape index (κ2) is 20.2. The van der Waals surface area contributed by atoms with Crippen LogP contribution in [0.5, 0.6) is 0 Å². The van der Waals surface area contributed by atoms with Gasteiger partial charge in [0, 0.05) is 0 Å². The summed E-state index contributed by atoms with van der Waals surface area (Å²) >= 11 is 0. The lowest BCUT2D eigenvalue weighted by Gasteiger charge is -2.02. The fraction of sp³-hybridized carbons (Fsp3) is 0.875. The van der Waals surface area contributed by atoms with Gasteiger partial charge < -0.3 is 0 Å². The topological polar surface area (TPSA) is 0 Å². The maximum Gasteiger partial charge on any atom is -0.0326 e. The maximum atomic E-state index is 2.41. The van der Waals surface area contributed by atoms with Crippen LogP contribution in [0.4, 0.5) is 0 Å². The average molecular weight is 228 g/mol. The van der Waals surface area contributed by atoms with E-state index in [4.69, 9.17) is 0 Å². The van der Waals surface area contributed by atoms with Gasteiger partial charge in [0.05, 0.1) is 0 Å². The van der Waals surface area contributed by atoms with Crippen molar-refractivity contribution in [2.75, 3.05) is 0 Å². The van der Waals surface area contributed by atoms with Crippen LogP contribution in [-0.2, 0) is 0 Å². The number of hydrogen-bond acceptors (Lipinski definition) is 0. The molecule has 16 heavy (non-hydrogen) atoms. The minimum Gasteiger partial charge on any atom is -0.0856 e. The first-order valence-electron chi connectivity index (χ1n) is 7.32. The molecule has 0 amide bonds. The van der Waals surface area contributed by atoms with Crippen LogP contribution < -0.4 is 0 Å². The molecule has 0 heteroatoms. The van der Waals surface area contributed by atoms with Gasteiger partial charge in [-0.05, 0) is 32.1 Å². The molecule has 0 heterocycles. The molecular weight excluding hydrogens is 192 g/mol. The van der Waals surface area contributed by atoms with Gasteiger partial charge in [0.15, 0.2) is 0 Å². The number of unbranched alkanes of at least 4 members (excludes halogenated alkanes) is 1. The fourth-order valence-electron chi connectivity index (χ4n) is 1.37. The van der Waals surface area contributed by atoms with E-state index in [1.165, 1.54) is 32.1 Å². The van der Waals surface area contributed by atoms with Crippen LogP contribution in [0.25, 0.3) is 0 Å². The van der Waals surface area contributed by atoms with Crippen LogP contribution in [0.1, 0.15) is 87.5 Å². The van der Waals surface area contributed by atoms with Gasteiger partial charge in [-0.25, -0.2) is 0 Å². The number of allylic oxidation sites excluding steroid dienone is 2. The summed E-state index contributed by atoms with van der Waals surface area (Å²) in [6.45, 7) is 17.1. The summed E-state index contributed by atoms with van der Waals surface area (Å²) in [6.07, 6.45) is 8.98. The van der Waals surface area contributed by atoms with E-state index in [1.807, 2.05) is 27.7 Å². The maximum absolute atomic E-state index is 2.41. The zero-order valence-electron chi connectivity index (χ0n) is 13.2. The summed E-state index contributed by atoms with van der Waals surface area (Å²) in [7, 11) is 0. The number of rotatable bonds is 6. The van der Waals surface area contributed by atoms with Gasteiger partial charge in [-0.2, -0.15) is 0 Å². The molecule has 0 N–H and O–H groups in total. The summed E-state index contributed by atoms with van der Waals surface area (Å²) in [5, 5.41) is 0. The first-order chi connectivity index (χ1) is 7.66. The van der Waals surface area contributed by atoms with Crippen LogP contribution in [-0.4, -0.2) is 0 Å². The molecule has 0 unspecified atom stereocenters. The first-order valence-corrected chi connectivity index (χ1v) is 7.32. The van der Waals surface area contributed by atoms with E-state index in [0.29, 0.717) is 0 Å². The summed E-state index contributed by atoms with van der Waals surface area (Å²) in [4.78, 5) is 0. The SMILES string of the molecule is CC.CC.CCC/C(C)=C\CCCC(C)C. The van der Waals surface area contributed by atoms with Crippen LogP contribution in [0.3, 0.4) is 0 Å². The fourth-order valence-corrected chi connectivity index (χ4v) is 1.37. The van der Waals surface area contributed by atoms with E-state index in [0.717, 1.165) is 5.92 Å². The van der Waals surface area contributed by atoms with E-state index >= 15 is 0 Å². The average Bonchev–Trinajstić information content (AvgIpc) is 2.30. The number of hydrogen-bond donors (Lipinski definition) is 0. The van der Waals surface area contributed by atoms with Crippen LogP contribution >= 0.6 is 0 Å². The highest BCUT2D eigenvalue weighted by Crippen LogP contribution is 2.10. The summed E-state index contributed by atoms with van der Waals surface area (Å²) in [5.41, 5.74) is 1.57. The molecule has 0 aromatic rings. The zero-order valence-corrected chi connectivity index (χ0v) is 13.2. The lowest BCUT2D eigenvalue weighted by molar-refractivity contribution is 0.559. The lowest BCUT2D eigenvalue weighted by Crippen LogP contribution is -1.85. The van der Waals surface area contributed by atoms with Crippen molar-refractivity contribution in [3.8, 4) is 0 Å². The van der Waals surface area contributed by atoms with Crippen LogP contribution in [0.15, 0.2) is 11.6 Å². The Kier molecular flexibility index (Phi) is 26.6. The molecule has 0 aliphatic carbocycles. The third-order valence-electron chi connectivity index (χ3n) is 2.12. The van der Waals surface area contributed by atoms with Crippen molar-refractivity contribution in [3.05, 3.63) is 11.6 Å². The van der Waals surface area contributed by atoms with Gasteiger partial charge in [-0.1, -0.05) is 73.0 Å². The Morgan fingerprint density at radius 3 is 1.94 bits per heavy atom. The predicted molar refractivity (Wildman–Crippen MR) is 80.1 cm³/mol. The Labute approximate surface area is 106 Å². The van der Waals surface area contributed by atoms with Crippen molar-refractivity contribution in [1.29, 1.82) is 0 Å². The van der Waals surface area contributed by atoms with Crippen molar-refractivity contribution in [1.82, 2.24) is 0 Å². The molecule has 0 atom stereocenters. The Morgan fingerprint density at radius 1 is 1.06 bits per heavy atom. The third kappa shape index (κ3) is 23.5. The van der Waals surface area contributed by atoms with Gasteiger partial charge in [-0.15, -0.1) is 0 Å². The van der Waals surface area contributed by atoms with Gasteiger partial charge in [0.2, 0.25) is 0 Å². The standard InChI is InChI=1S/C12H24.2C2H6/c1-5-8-12(4)10-7-6-9-11(2)3;2*1-2/h10-11H,5-9H2,1-4H3;2*1-2H3/b12-10-;;. The molecule has 0 aliphatic heterocycles. The molecular formula is C16H36. The second-order valence-corrected chi connectivity index (χ2v) is 4.13. The van der Waals surface area contributed by atoms with Gasteiger partial charge in [-0.3, -0.25) is 0 Å². The van der Waals surface area contributed by atoms with Crippen molar-refractivity contribution in [2.24, 2.45) is 5.92 Å². The Hall–Kier alpha value is -0.260. The lowest BCUT2D eigenvalue weighted by atomic mass is 10.0. The molecule has 0 aliphatic rings. The van der Waals surface area contributed by atoms with Crippen LogP contribution in [0.2, 0.25) is 0 Å². The smallest absolute Gasteiger partial charge is 0.0326 e. The van der Waals surface area contributed by atoms with Crippen molar-refractivity contribution in [3.63, 3.8) is 0 Å². The van der Waals surface area contributed by atoms with Crippen LogP contribution in [0, 0.1) is 5.92 Å². The van der Waals surface area contributed by atoms with Crippen molar-refractivity contribution in [2.45, 2.75) is 87.5 Å². The molecule has 0 spiro atoms. The largest absolute Gasteiger partial charge is 0.0856 e. The van der Waals surface area contributed by atoms with E-state index in [2.05, 4.69) is 33.8 Å². The summed E-state index contributed by atoms with van der Waals surface area (Å²) in [6, 6.07) is 0. The van der Waals surface area contributed by atoms with Gasteiger partial charge in [0.1, 0.15) is 0 Å². The summed E-state index contributed by atoms with van der Waals surface area (Å²) < 4.78 is 0. The highest BCUT2D eigenvalue weighted by Gasteiger charge is 1.92. The highest BCUT2D eigenvalue weighted by molar-refractivity contribution is 4.97. The van der Waals surface area contributed by atoms with Gasteiger partial charge >= 0.3 is 0 Å². The molecule has 100 valence electrons. The Bertz CT molecular complexity index is 120. The molecule has 0 nitrogen and oxygen atoms in total. The molecule has 0 radical (unpaired) electrons. The second-order valence-electron chi connectivity index (χ2n) is 4.13. The normalized spacial score (nSPS) is 10.2. The predicted octanol–water partition coefficient (Wildman–Crippen LogP) is 6.61. The van der Waals surface area contributed by atoms with E-state index in [9.17, 15) is 0 Å². The monoisotopic (exact) mass is 228 g/mol. The summed E-state index contributed by atoms with van der Waals surface area (Å²) in [5.74, 6) is 0.866. The highest BCUT2D eigenvalue weighted by atomic mass is 14.0. The van der Waals surface area contributed by atoms with E-state index in [-0.39, 0.29) is 0 Å². The van der Waals surface area contributed by atoms with Crippen molar-refractivity contribution >= 4 is 0 Å². The van der Waals surface area contributed by atoms with Gasteiger partial charge in [0.25, 0.3) is 0 Å². The third-order valence-corrected chi connectivity index (χ3v) is 2.12. The molecule has 0 saturated carbocycles. The minimum absolute atomic E-state index is 0.866. The first kappa shape index (κ1) is 21.1. The molecule has 0 fully saturated rings. The van der Waals surface area contributed by atoms with E-state index in [1.54, 1.807) is 5.57 Å². The Morgan fingerprint density at radius 2 is 1.56 bits per heavy atom. The molecule has 0 aromatic carbocycles. The Balaban J connectivity index is -0.000000376. The molecule has 0 rings (SSSR count). The van der Waals surface area contributed by atoms with E-state index < -0.39 is 0 Å². The molecule has 0 aromatic heterocycles. The molecule has 0 saturated heterocycles. The minimum atomic E-state index is 0.866. The molecule has 0 bridgehead atoms. The van der Waals surface area contributed by atoms with Crippen molar-refractivity contribution < 1.29 is 0 Å².